The number of pyridine rings is 1. The molecule has 1 aromatic carbocycles. The van der Waals surface area contributed by atoms with E-state index in [2.05, 4.69) is 45.6 Å². The molecule has 3 rings (SSSR count). The van der Waals surface area contributed by atoms with E-state index < -0.39 is 0 Å². The zero-order valence-corrected chi connectivity index (χ0v) is 19.3. The van der Waals surface area contributed by atoms with Gasteiger partial charge in [0, 0.05) is 38.9 Å². The fourth-order valence-electron chi connectivity index (χ4n) is 3.99. The van der Waals surface area contributed by atoms with Gasteiger partial charge in [0.15, 0.2) is 5.96 Å². The topological polar surface area (TPSA) is 65.0 Å². The van der Waals surface area contributed by atoms with Crippen LogP contribution >= 0.6 is 0 Å². The van der Waals surface area contributed by atoms with Crippen molar-refractivity contribution in [2.75, 3.05) is 52.3 Å². The van der Waals surface area contributed by atoms with Crippen molar-refractivity contribution in [3.63, 3.8) is 0 Å². The van der Waals surface area contributed by atoms with E-state index in [4.69, 9.17) is 9.73 Å². The van der Waals surface area contributed by atoms with Crippen molar-refractivity contribution in [1.82, 2.24) is 20.5 Å². The second kappa shape index (κ2) is 11.6. The Hall–Kier alpha value is -2.80. The first kappa shape index (κ1) is 22.9. The Balaban J connectivity index is 1.73. The van der Waals surface area contributed by atoms with Gasteiger partial charge in [-0.05, 0) is 56.6 Å². The number of hydrogen-bond donors (Lipinski definition) is 2. The standard InChI is InChI=1S/C24H36N6O/c1-5-25-24(27-17-20-9-8-14-26-23(20)29(2)3)28-18-22(30-15-6-7-16-30)19-10-12-21(31-4)13-11-19/h8-14,22H,5-7,15-18H2,1-4H3,(H2,25,27,28). The van der Waals surface area contributed by atoms with Gasteiger partial charge in [-0.1, -0.05) is 18.2 Å². The first-order valence-electron chi connectivity index (χ1n) is 11.1. The zero-order chi connectivity index (χ0) is 22.1. The highest BCUT2D eigenvalue weighted by atomic mass is 16.5. The molecule has 1 saturated heterocycles. The SMILES string of the molecule is CCNC(=NCc1cccnc1N(C)C)NCC(c1ccc(OC)cc1)N1CCCC1. The van der Waals surface area contributed by atoms with Gasteiger partial charge >= 0.3 is 0 Å². The van der Waals surface area contributed by atoms with Crippen molar-refractivity contribution in [2.45, 2.75) is 32.4 Å². The van der Waals surface area contributed by atoms with Crippen LogP contribution in [0.25, 0.3) is 0 Å². The molecule has 7 nitrogen and oxygen atoms in total. The maximum atomic E-state index is 5.34. The molecule has 1 fully saturated rings. The van der Waals surface area contributed by atoms with Crippen LogP contribution in [0.15, 0.2) is 47.6 Å². The van der Waals surface area contributed by atoms with Gasteiger partial charge in [-0.2, -0.15) is 0 Å². The van der Waals surface area contributed by atoms with E-state index >= 15 is 0 Å². The third-order valence-electron chi connectivity index (χ3n) is 5.59. The Bertz CT molecular complexity index is 830. The number of ether oxygens (including phenoxy) is 1. The van der Waals surface area contributed by atoms with Gasteiger partial charge in [0.25, 0.3) is 0 Å². The van der Waals surface area contributed by atoms with Crippen molar-refractivity contribution in [3.05, 3.63) is 53.7 Å². The van der Waals surface area contributed by atoms with E-state index in [1.165, 1.54) is 18.4 Å². The minimum atomic E-state index is 0.299. The Morgan fingerprint density at radius 2 is 1.90 bits per heavy atom. The van der Waals surface area contributed by atoms with Crippen LogP contribution in [0.1, 0.15) is 36.9 Å². The average molecular weight is 425 g/mol. The third-order valence-corrected chi connectivity index (χ3v) is 5.59. The number of nitrogens with one attached hydrogen (secondary N) is 2. The molecular weight excluding hydrogens is 388 g/mol. The zero-order valence-electron chi connectivity index (χ0n) is 19.3. The fourth-order valence-corrected chi connectivity index (χ4v) is 3.99. The first-order chi connectivity index (χ1) is 15.1. The third kappa shape index (κ3) is 6.34. The molecule has 0 radical (unpaired) electrons. The molecule has 1 aliphatic rings. The van der Waals surface area contributed by atoms with Crippen LogP contribution in [0, 0.1) is 0 Å². The molecule has 0 spiro atoms. The lowest BCUT2D eigenvalue weighted by atomic mass is 10.1. The van der Waals surface area contributed by atoms with Crippen molar-refractivity contribution < 1.29 is 4.74 Å². The van der Waals surface area contributed by atoms with E-state index in [1.807, 2.05) is 43.4 Å². The summed E-state index contributed by atoms with van der Waals surface area (Å²) in [7, 11) is 5.72. The molecule has 1 aliphatic heterocycles. The molecule has 7 heteroatoms. The highest BCUT2D eigenvalue weighted by Gasteiger charge is 2.23. The molecule has 0 aliphatic carbocycles. The molecule has 0 bridgehead atoms. The van der Waals surface area contributed by atoms with Crippen molar-refractivity contribution in [2.24, 2.45) is 4.99 Å². The van der Waals surface area contributed by atoms with Gasteiger partial charge in [-0.15, -0.1) is 0 Å². The molecule has 168 valence electrons. The number of guanidine groups is 1. The van der Waals surface area contributed by atoms with Crippen LogP contribution in [0.4, 0.5) is 5.82 Å². The summed E-state index contributed by atoms with van der Waals surface area (Å²) in [6, 6.07) is 12.8. The van der Waals surface area contributed by atoms with E-state index in [1.54, 1.807) is 7.11 Å². The summed E-state index contributed by atoms with van der Waals surface area (Å²) in [5.41, 5.74) is 2.41. The minimum absolute atomic E-state index is 0.299. The van der Waals surface area contributed by atoms with Crippen LogP contribution in [0.5, 0.6) is 5.75 Å². The number of methoxy groups -OCH3 is 1. The molecule has 1 aromatic heterocycles. The number of nitrogens with zero attached hydrogens (tertiary/aromatic N) is 4. The first-order valence-corrected chi connectivity index (χ1v) is 11.1. The average Bonchev–Trinajstić information content (AvgIpc) is 3.32. The number of aromatic nitrogens is 1. The number of rotatable bonds is 9. The summed E-state index contributed by atoms with van der Waals surface area (Å²) in [6.07, 6.45) is 4.34. The largest absolute Gasteiger partial charge is 0.497 e. The predicted octanol–water partition coefficient (Wildman–Crippen LogP) is 3.05. The van der Waals surface area contributed by atoms with Gasteiger partial charge < -0.3 is 20.3 Å². The van der Waals surface area contributed by atoms with E-state index in [-0.39, 0.29) is 0 Å². The summed E-state index contributed by atoms with van der Waals surface area (Å²) >= 11 is 0. The van der Waals surface area contributed by atoms with Gasteiger partial charge in [-0.3, -0.25) is 4.90 Å². The van der Waals surface area contributed by atoms with Gasteiger partial charge in [0.2, 0.25) is 0 Å². The number of anilines is 1. The quantitative estimate of drug-likeness (QED) is 0.477. The number of hydrogen-bond acceptors (Lipinski definition) is 5. The Morgan fingerprint density at radius 1 is 1.16 bits per heavy atom. The maximum absolute atomic E-state index is 5.34. The molecular formula is C24H36N6O. The number of aliphatic imine (C=N–C) groups is 1. The molecule has 1 atom stereocenters. The lowest BCUT2D eigenvalue weighted by molar-refractivity contribution is 0.245. The van der Waals surface area contributed by atoms with E-state index in [0.717, 1.165) is 49.3 Å². The molecule has 0 amide bonds. The fraction of sp³-hybridized carbons (Fsp3) is 0.500. The van der Waals surface area contributed by atoms with Crippen LogP contribution in [0.2, 0.25) is 0 Å². The highest BCUT2D eigenvalue weighted by Crippen LogP contribution is 2.26. The summed E-state index contributed by atoms with van der Waals surface area (Å²) in [5.74, 6) is 2.67. The normalized spacial score (nSPS) is 15.5. The van der Waals surface area contributed by atoms with Crippen LogP contribution in [-0.2, 0) is 6.54 Å². The summed E-state index contributed by atoms with van der Waals surface area (Å²) < 4.78 is 5.34. The summed E-state index contributed by atoms with van der Waals surface area (Å²) in [6.45, 7) is 6.55. The molecule has 2 N–H and O–H groups in total. The molecule has 2 aromatic rings. The lowest BCUT2D eigenvalue weighted by Crippen LogP contribution is -2.42. The lowest BCUT2D eigenvalue weighted by Gasteiger charge is -2.29. The summed E-state index contributed by atoms with van der Waals surface area (Å²) in [4.78, 5) is 13.9. The second-order valence-electron chi connectivity index (χ2n) is 7.99. The smallest absolute Gasteiger partial charge is 0.191 e. The van der Waals surface area contributed by atoms with Crippen molar-refractivity contribution >= 4 is 11.8 Å². The van der Waals surface area contributed by atoms with Crippen molar-refractivity contribution in [3.8, 4) is 5.75 Å². The monoisotopic (exact) mass is 424 g/mol. The van der Waals surface area contributed by atoms with Crippen LogP contribution in [-0.4, -0.2) is 63.2 Å². The maximum Gasteiger partial charge on any atom is 0.191 e. The van der Waals surface area contributed by atoms with Gasteiger partial charge in [0.1, 0.15) is 11.6 Å². The van der Waals surface area contributed by atoms with E-state index in [9.17, 15) is 0 Å². The predicted molar refractivity (Wildman–Crippen MR) is 128 cm³/mol. The number of likely N-dealkylation sites (tertiary alicyclic amines) is 1. The minimum Gasteiger partial charge on any atom is -0.497 e. The second-order valence-corrected chi connectivity index (χ2v) is 7.99. The van der Waals surface area contributed by atoms with E-state index in [0.29, 0.717) is 12.6 Å². The van der Waals surface area contributed by atoms with Crippen LogP contribution < -0.4 is 20.3 Å². The number of benzene rings is 1. The molecule has 2 heterocycles. The highest BCUT2D eigenvalue weighted by molar-refractivity contribution is 5.79. The van der Waals surface area contributed by atoms with Crippen LogP contribution in [0.3, 0.4) is 0 Å². The Kier molecular flexibility index (Phi) is 8.53. The molecule has 1 unspecified atom stereocenters. The van der Waals surface area contributed by atoms with Crippen molar-refractivity contribution in [1.29, 1.82) is 0 Å². The Morgan fingerprint density at radius 3 is 2.55 bits per heavy atom. The Labute approximate surface area is 186 Å². The van der Waals surface area contributed by atoms with Gasteiger partial charge in [0.05, 0.1) is 19.7 Å². The molecule has 0 saturated carbocycles. The molecule has 31 heavy (non-hydrogen) atoms. The summed E-state index contributed by atoms with van der Waals surface area (Å²) in [5, 5.41) is 6.96. The van der Waals surface area contributed by atoms with Gasteiger partial charge in [-0.25, -0.2) is 9.98 Å².